The first-order valence-corrected chi connectivity index (χ1v) is 4.52. The zero-order valence-corrected chi connectivity index (χ0v) is 8.11. The fourth-order valence-electron chi connectivity index (χ4n) is 2.52. The first kappa shape index (κ1) is 9.47. The number of fused-ring (bicyclic) bond motifs is 1. The van der Waals surface area contributed by atoms with E-state index in [1.807, 2.05) is 0 Å². The average molecular weight is 167 g/mol. The van der Waals surface area contributed by atoms with E-state index in [0.717, 1.165) is 17.4 Å². The topological polar surface area (TPSA) is 40.9 Å². The van der Waals surface area contributed by atoms with Crippen LogP contribution in [-0.2, 0) is 4.79 Å². The van der Waals surface area contributed by atoms with Crippen molar-refractivity contribution in [3.05, 3.63) is 0 Å². The molecule has 2 rings (SSSR count). The minimum absolute atomic E-state index is 0.664. The molecular formula is C10H17NO. The first-order chi connectivity index (χ1) is 5.48. The molecule has 68 valence electrons. The van der Waals surface area contributed by atoms with Crippen molar-refractivity contribution in [2.45, 2.75) is 40.0 Å². The van der Waals surface area contributed by atoms with Gasteiger partial charge in [-0.25, -0.2) is 10.2 Å². The molecule has 0 spiro atoms. The summed E-state index contributed by atoms with van der Waals surface area (Å²) in [5, 5.41) is 5.40. The van der Waals surface area contributed by atoms with Crippen molar-refractivity contribution in [3.63, 3.8) is 0 Å². The second-order valence-electron chi connectivity index (χ2n) is 4.84. The van der Waals surface area contributed by atoms with Crippen LogP contribution in [0.4, 0.5) is 0 Å². The van der Waals surface area contributed by atoms with Gasteiger partial charge in [-0.15, -0.1) is 0 Å². The summed E-state index contributed by atoms with van der Waals surface area (Å²) in [6, 6.07) is 0. The molecule has 0 saturated heterocycles. The summed E-state index contributed by atoms with van der Waals surface area (Å²) in [4.78, 5) is 8.35. The van der Waals surface area contributed by atoms with Gasteiger partial charge < -0.3 is 0 Å². The lowest BCUT2D eigenvalue weighted by atomic mass is 9.78. The number of carbonyl (C=O) groups excluding carboxylic acids is 1. The molecule has 0 bridgehead atoms. The quantitative estimate of drug-likeness (QED) is 0.437. The highest BCUT2D eigenvalue weighted by Gasteiger charge is 2.62. The van der Waals surface area contributed by atoms with E-state index >= 15 is 0 Å². The van der Waals surface area contributed by atoms with Gasteiger partial charge in [0.15, 0.2) is 0 Å². The lowest BCUT2D eigenvalue weighted by Crippen LogP contribution is -2.18. The third kappa shape index (κ3) is 1.21. The maximum absolute atomic E-state index is 8.35. The number of nitrogens with one attached hydrogen (secondary N) is 1. The molecule has 0 aromatic carbocycles. The number of isocyanates is 1. The Balaban J connectivity index is 0.000000213. The summed E-state index contributed by atoms with van der Waals surface area (Å²) >= 11 is 0. The molecule has 0 aliphatic heterocycles. The Morgan fingerprint density at radius 3 is 2.00 bits per heavy atom. The van der Waals surface area contributed by atoms with Crippen LogP contribution in [0.5, 0.6) is 0 Å². The lowest BCUT2D eigenvalue weighted by molar-refractivity contribution is 0.226. The fourth-order valence-corrected chi connectivity index (χ4v) is 2.52. The van der Waals surface area contributed by atoms with Crippen LogP contribution in [0.3, 0.4) is 0 Å². The van der Waals surface area contributed by atoms with E-state index in [0.29, 0.717) is 5.41 Å². The summed E-state index contributed by atoms with van der Waals surface area (Å²) in [5.74, 6) is 1.10. The molecular weight excluding hydrogens is 150 g/mol. The number of rotatable bonds is 0. The van der Waals surface area contributed by atoms with Crippen LogP contribution in [0.25, 0.3) is 0 Å². The number of hydrogen-bond acceptors (Lipinski definition) is 2. The highest BCUT2D eigenvalue weighted by Crippen LogP contribution is 2.71. The third-order valence-electron chi connectivity index (χ3n) is 4.08. The van der Waals surface area contributed by atoms with Crippen LogP contribution < -0.4 is 0 Å². The van der Waals surface area contributed by atoms with Crippen LogP contribution >= 0.6 is 0 Å². The van der Waals surface area contributed by atoms with E-state index in [-0.39, 0.29) is 0 Å². The Labute approximate surface area is 73.9 Å². The predicted octanol–water partition coefficient (Wildman–Crippen LogP) is 2.73. The fraction of sp³-hybridized carbons (Fsp3) is 0.900. The van der Waals surface area contributed by atoms with Crippen LogP contribution in [0.2, 0.25) is 0 Å². The molecule has 2 saturated carbocycles. The van der Waals surface area contributed by atoms with Crippen LogP contribution in [0, 0.1) is 22.2 Å². The Morgan fingerprint density at radius 2 is 1.92 bits per heavy atom. The Bertz CT molecular complexity index is 211. The maximum atomic E-state index is 8.35. The van der Waals surface area contributed by atoms with Crippen molar-refractivity contribution in [2.75, 3.05) is 0 Å². The Hall–Kier alpha value is -0.620. The average Bonchev–Trinajstić information content (AvgIpc) is 2.56. The molecule has 0 amide bonds. The molecule has 2 atom stereocenters. The van der Waals surface area contributed by atoms with Crippen molar-refractivity contribution < 1.29 is 4.79 Å². The summed E-state index contributed by atoms with van der Waals surface area (Å²) in [6.45, 7) is 7.32. The van der Waals surface area contributed by atoms with Crippen LogP contribution in [0.1, 0.15) is 40.0 Å². The van der Waals surface area contributed by atoms with Gasteiger partial charge in [-0.1, -0.05) is 20.8 Å². The highest BCUT2D eigenvalue weighted by molar-refractivity contribution is 5.26. The molecule has 12 heavy (non-hydrogen) atoms. The highest BCUT2D eigenvalue weighted by atomic mass is 16.1. The van der Waals surface area contributed by atoms with Gasteiger partial charge in [0.25, 0.3) is 0 Å². The minimum atomic E-state index is 0.664. The second kappa shape index (κ2) is 2.70. The summed E-state index contributed by atoms with van der Waals surface area (Å²) in [6.07, 6.45) is 5.23. The molecule has 0 radical (unpaired) electrons. The predicted molar refractivity (Wildman–Crippen MR) is 47.6 cm³/mol. The third-order valence-corrected chi connectivity index (χ3v) is 4.08. The van der Waals surface area contributed by atoms with E-state index in [2.05, 4.69) is 20.8 Å². The molecule has 2 unspecified atom stereocenters. The zero-order valence-electron chi connectivity index (χ0n) is 8.11. The largest absolute Gasteiger partial charge is 0.231 e. The van der Waals surface area contributed by atoms with Gasteiger partial charge >= 0.3 is 0 Å². The first-order valence-electron chi connectivity index (χ1n) is 4.52. The normalized spacial score (nSPS) is 40.4. The van der Waals surface area contributed by atoms with Crippen molar-refractivity contribution >= 4 is 6.08 Å². The smallest absolute Gasteiger partial charge is 0.222 e. The molecule has 2 fully saturated rings. The van der Waals surface area contributed by atoms with Gasteiger partial charge in [0.1, 0.15) is 0 Å². The standard InChI is InChI=1S/C9H16.CHNO/c1-8(2)5-4-7-6-9(7,8)3;2-1-3/h7H,4-6H2,1-3H3;2H. The summed E-state index contributed by atoms with van der Waals surface area (Å²) in [5.41, 5.74) is 1.42. The maximum Gasteiger partial charge on any atom is 0.231 e. The van der Waals surface area contributed by atoms with Crippen molar-refractivity contribution in [1.82, 2.24) is 0 Å². The van der Waals surface area contributed by atoms with Gasteiger partial charge in [-0.2, -0.15) is 0 Å². The van der Waals surface area contributed by atoms with Crippen molar-refractivity contribution in [3.8, 4) is 0 Å². The minimum Gasteiger partial charge on any atom is -0.222 e. The Kier molecular flexibility index (Phi) is 2.13. The van der Waals surface area contributed by atoms with Gasteiger partial charge in [-0.05, 0) is 36.0 Å². The van der Waals surface area contributed by atoms with Crippen molar-refractivity contribution in [1.29, 1.82) is 5.41 Å². The molecule has 2 heteroatoms. The molecule has 0 aromatic heterocycles. The van der Waals surface area contributed by atoms with Gasteiger partial charge in [-0.3, -0.25) is 0 Å². The summed E-state index contributed by atoms with van der Waals surface area (Å²) < 4.78 is 0. The molecule has 0 aromatic rings. The monoisotopic (exact) mass is 167 g/mol. The molecule has 2 aliphatic carbocycles. The second-order valence-corrected chi connectivity index (χ2v) is 4.84. The van der Waals surface area contributed by atoms with Crippen LogP contribution in [-0.4, -0.2) is 6.08 Å². The molecule has 1 N–H and O–H groups in total. The number of hydrogen-bond donors (Lipinski definition) is 1. The van der Waals surface area contributed by atoms with Gasteiger partial charge in [0, 0.05) is 0 Å². The van der Waals surface area contributed by atoms with Crippen LogP contribution in [0.15, 0.2) is 0 Å². The summed E-state index contributed by atoms with van der Waals surface area (Å²) in [7, 11) is 0. The Morgan fingerprint density at radius 1 is 1.42 bits per heavy atom. The van der Waals surface area contributed by atoms with Gasteiger partial charge in [0.05, 0.1) is 0 Å². The van der Waals surface area contributed by atoms with Gasteiger partial charge in [0.2, 0.25) is 6.08 Å². The van der Waals surface area contributed by atoms with Crippen molar-refractivity contribution in [2.24, 2.45) is 16.7 Å². The van der Waals surface area contributed by atoms with E-state index in [9.17, 15) is 0 Å². The van der Waals surface area contributed by atoms with E-state index in [1.54, 1.807) is 0 Å². The van der Waals surface area contributed by atoms with E-state index < -0.39 is 0 Å². The molecule has 2 aliphatic rings. The van der Waals surface area contributed by atoms with E-state index in [1.165, 1.54) is 19.3 Å². The van der Waals surface area contributed by atoms with E-state index in [4.69, 9.17) is 10.2 Å². The molecule has 0 heterocycles. The zero-order chi connectivity index (χ0) is 9.41. The molecule has 2 nitrogen and oxygen atoms in total. The SMILES string of the molecule is CC1(C)CCC2CC21C.N=C=O. The lowest BCUT2D eigenvalue weighted by Gasteiger charge is -2.27.